The van der Waals surface area contributed by atoms with Crippen LogP contribution in [-0.4, -0.2) is 36.1 Å². The first kappa shape index (κ1) is 12.1. The van der Waals surface area contributed by atoms with E-state index in [4.69, 9.17) is 4.74 Å². The van der Waals surface area contributed by atoms with Crippen LogP contribution in [0.5, 0.6) is 0 Å². The molecule has 1 aromatic rings. The molecule has 0 radical (unpaired) electrons. The highest BCUT2D eigenvalue weighted by Gasteiger charge is 2.34. The quantitative estimate of drug-likeness (QED) is 0.744. The number of aryl methyl sites for hydroxylation is 1. The molecule has 3 heteroatoms. The van der Waals surface area contributed by atoms with Crippen LogP contribution in [0.1, 0.15) is 29.8 Å². The Morgan fingerprint density at radius 1 is 1.35 bits per heavy atom. The third-order valence-electron chi connectivity index (χ3n) is 3.27. The van der Waals surface area contributed by atoms with E-state index in [0.29, 0.717) is 19.8 Å². The zero-order valence-corrected chi connectivity index (χ0v) is 10.7. The minimum absolute atomic E-state index is 0.108. The van der Waals surface area contributed by atoms with E-state index in [0.717, 1.165) is 11.1 Å². The Bertz CT molecular complexity index is 426. The number of nitrogens with zero attached hydrogens (tertiary/aromatic N) is 1. The molecule has 0 saturated carbocycles. The number of hydrogen-bond donors (Lipinski definition) is 0. The second-order valence-electron chi connectivity index (χ2n) is 5.14. The van der Waals surface area contributed by atoms with Gasteiger partial charge in [-0.05, 0) is 32.4 Å². The van der Waals surface area contributed by atoms with Crippen LogP contribution in [0.3, 0.4) is 0 Å². The van der Waals surface area contributed by atoms with Gasteiger partial charge >= 0.3 is 0 Å². The minimum Gasteiger partial charge on any atom is -0.377 e. The number of amides is 1. The molecule has 1 saturated heterocycles. The first-order chi connectivity index (χ1) is 8.02. The lowest BCUT2D eigenvalue weighted by Crippen LogP contribution is -2.55. The molecule has 0 aromatic heterocycles. The van der Waals surface area contributed by atoms with Crippen molar-refractivity contribution in [1.82, 2.24) is 4.90 Å². The first-order valence-corrected chi connectivity index (χ1v) is 5.98. The van der Waals surface area contributed by atoms with Gasteiger partial charge in [0.05, 0.1) is 18.8 Å². The Morgan fingerprint density at radius 2 is 2.06 bits per heavy atom. The lowest BCUT2D eigenvalue weighted by molar-refractivity contribution is -0.0370. The molecule has 17 heavy (non-hydrogen) atoms. The van der Waals surface area contributed by atoms with E-state index in [9.17, 15) is 4.79 Å². The molecule has 1 amide bonds. The summed E-state index contributed by atoms with van der Waals surface area (Å²) in [7, 11) is 0. The second kappa shape index (κ2) is 4.49. The van der Waals surface area contributed by atoms with Crippen LogP contribution in [-0.2, 0) is 4.74 Å². The van der Waals surface area contributed by atoms with Gasteiger partial charge in [0.1, 0.15) is 0 Å². The lowest BCUT2D eigenvalue weighted by Gasteiger charge is -2.42. The summed E-state index contributed by atoms with van der Waals surface area (Å²) in [4.78, 5) is 14.4. The van der Waals surface area contributed by atoms with E-state index >= 15 is 0 Å². The van der Waals surface area contributed by atoms with Gasteiger partial charge in [0.25, 0.3) is 5.91 Å². The highest BCUT2D eigenvalue weighted by Crippen LogP contribution is 2.22. The summed E-state index contributed by atoms with van der Waals surface area (Å²) in [6.45, 7) is 7.96. The maximum atomic E-state index is 12.5. The molecule has 0 N–H and O–H groups in total. The normalized spacial score (nSPS) is 19.1. The van der Waals surface area contributed by atoms with Crippen LogP contribution >= 0.6 is 0 Å². The summed E-state index contributed by atoms with van der Waals surface area (Å²) in [5.41, 5.74) is 1.60. The number of hydrogen-bond acceptors (Lipinski definition) is 2. The van der Waals surface area contributed by atoms with Crippen molar-refractivity contribution >= 4 is 5.91 Å². The molecule has 2 rings (SSSR count). The predicted octanol–water partition coefficient (Wildman–Crippen LogP) is 2.25. The smallest absolute Gasteiger partial charge is 0.254 e. The molecule has 0 aliphatic carbocycles. The molecule has 1 aliphatic heterocycles. The zero-order chi connectivity index (χ0) is 12.5. The lowest BCUT2D eigenvalue weighted by atomic mass is 9.99. The topological polar surface area (TPSA) is 29.5 Å². The Morgan fingerprint density at radius 3 is 2.71 bits per heavy atom. The first-order valence-electron chi connectivity index (χ1n) is 5.98. The fraction of sp³-hybridized carbons (Fsp3) is 0.500. The standard InChI is InChI=1S/C14H19NO2/c1-11-6-4-5-7-12(11)13(16)15-8-9-17-10-14(15,2)3/h4-7H,8-10H2,1-3H3. The van der Waals surface area contributed by atoms with Crippen molar-refractivity contribution in [2.75, 3.05) is 19.8 Å². The molecule has 1 aromatic carbocycles. The number of rotatable bonds is 1. The molecule has 1 fully saturated rings. The Labute approximate surface area is 102 Å². The fourth-order valence-electron chi connectivity index (χ4n) is 2.19. The van der Waals surface area contributed by atoms with Crippen molar-refractivity contribution < 1.29 is 9.53 Å². The van der Waals surface area contributed by atoms with Crippen molar-refractivity contribution in [2.24, 2.45) is 0 Å². The molecule has 0 unspecified atom stereocenters. The second-order valence-corrected chi connectivity index (χ2v) is 5.14. The molecule has 0 bridgehead atoms. The van der Waals surface area contributed by atoms with Crippen LogP contribution in [0, 0.1) is 6.92 Å². The average molecular weight is 233 g/mol. The van der Waals surface area contributed by atoms with E-state index in [1.165, 1.54) is 0 Å². The molecule has 1 aliphatic rings. The summed E-state index contributed by atoms with van der Waals surface area (Å²) in [5, 5.41) is 0. The molecular weight excluding hydrogens is 214 g/mol. The predicted molar refractivity (Wildman–Crippen MR) is 67.1 cm³/mol. The van der Waals surface area contributed by atoms with Gasteiger partial charge < -0.3 is 9.64 Å². The number of benzene rings is 1. The van der Waals surface area contributed by atoms with Crippen LogP contribution in [0.25, 0.3) is 0 Å². The van der Waals surface area contributed by atoms with Crippen molar-refractivity contribution in [3.05, 3.63) is 35.4 Å². The Kier molecular flexibility index (Phi) is 3.20. The Balaban J connectivity index is 2.28. The minimum atomic E-state index is -0.225. The summed E-state index contributed by atoms with van der Waals surface area (Å²) in [5.74, 6) is 0.108. The van der Waals surface area contributed by atoms with Crippen molar-refractivity contribution in [3.63, 3.8) is 0 Å². The molecule has 0 atom stereocenters. The average Bonchev–Trinajstić information content (AvgIpc) is 2.28. The number of carbonyl (C=O) groups is 1. The van der Waals surface area contributed by atoms with Crippen molar-refractivity contribution in [3.8, 4) is 0 Å². The molecule has 92 valence electrons. The van der Waals surface area contributed by atoms with Gasteiger partial charge in [0.2, 0.25) is 0 Å². The van der Waals surface area contributed by atoms with Crippen molar-refractivity contribution in [1.29, 1.82) is 0 Å². The van der Waals surface area contributed by atoms with Crippen LogP contribution in [0.2, 0.25) is 0 Å². The van der Waals surface area contributed by atoms with Crippen LogP contribution in [0.15, 0.2) is 24.3 Å². The summed E-state index contributed by atoms with van der Waals surface area (Å²) in [6.07, 6.45) is 0. The monoisotopic (exact) mass is 233 g/mol. The van der Waals surface area contributed by atoms with Gasteiger partial charge in [-0.1, -0.05) is 18.2 Å². The summed E-state index contributed by atoms with van der Waals surface area (Å²) < 4.78 is 5.44. The third kappa shape index (κ3) is 2.34. The third-order valence-corrected chi connectivity index (χ3v) is 3.27. The van der Waals surface area contributed by atoms with E-state index in [-0.39, 0.29) is 11.4 Å². The van der Waals surface area contributed by atoms with Gasteiger partial charge in [-0.15, -0.1) is 0 Å². The van der Waals surface area contributed by atoms with Crippen LogP contribution < -0.4 is 0 Å². The van der Waals surface area contributed by atoms with E-state index in [1.807, 2.05) is 49.9 Å². The van der Waals surface area contributed by atoms with Gasteiger partial charge in [-0.2, -0.15) is 0 Å². The van der Waals surface area contributed by atoms with Crippen LogP contribution in [0.4, 0.5) is 0 Å². The number of ether oxygens (including phenoxy) is 1. The molecule has 3 nitrogen and oxygen atoms in total. The van der Waals surface area contributed by atoms with E-state index in [2.05, 4.69) is 0 Å². The maximum Gasteiger partial charge on any atom is 0.254 e. The largest absolute Gasteiger partial charge is 0.377 e. The molecular formula is C14H19NO2. The summed E-state index contributed by atoms with van der Waals surface area (Å²) in [6, 6.07) is 7.73. The Hall–Kier alpha value is -1.35. The van der Waals surface area contributed by atoms with Gasteiger partial charge in [-0.3, -0.25) is 4.79 Å². The van der Waals surface area contributed by atoms with E-state index < -0.39 is 0 Å². The van der Waals surface area contributed by atoms with Gasteiger partial charge in [0, 0.05) is 12.1 Å². The molecule has 0 spiro atoms. The maximum absolute atomic E-state index is 12.5. The van der Waals surface area contributed by atoms with Gasteiger partial charge in [-0.25, -0.2) is 0 Å². The van der Waals surface area contributed by atoms with E-state index in [1.54, 1.807) is 0 Å². The highest BCUT2D eigenvalue weighted by molar-refractivity contribution is 5.96. The highest BCUT2D eigenvalue weighted by atomic mass is 16.5. The van der Waals surface area contributed by atoms with Crippen molar-refractivity contribution in [2.45, 2.75) is 26.3 Å². The zero-order valence-electron chi connectivity index (χ0n) is 10.7. The van der Waals surface area contributed by atoms with Gasteiger partial charge in [0.15, 0.2) is 0 Å². The SMILES string of the molecule is Cc1ccccc1C(=O)N1CCOCC1(C)C. The number of carbonyl (C=O) groups excluding carboxylic acids is 1. The molecule has 1 heterocycles. The summed E-state index contributed by atoms with van der Waals surface area (Å²) >= 11 is 0. The number of morpholine rings is 1. The fourth-order valence-corrected chi connectivity index (χ4v) is 2.19.